The fourth-order valence-corrected chi connectivity index (χ4v) is 5.53. The molecule has 2 aromatic rings. The number of carbonyl (C=O) groups excluding carboxylic acids is 1. The van der Waals surface area contributed by atoms with Gasteiger partial charge >= 0.3 is 0 Å². The monoisotopic (exact) mass is 378 g/mol. The van der Waals surface area contributed by atoms with Crippen LogP contribution in [0.4, 0.5) is 0 Å². The second-order valence-electron chi connectivity index (χ2n) is 9.08. The van der Waals surface area contributed by atoms with Gasteiger partial charge in [0.05, 0.1) is 12.5 Å². The van der Waals surface area contributed by atoms with Gasteiger partial charge in [-0.2, -0.15) is 0 Å². The topological polar surface area (TPSA) is 45.5 Å². The lowest BCUT2D eigenvalue weighted by molar-refractivity contribution is -0.122. The summed E-state index contributed by atoms with van der Waals surface area (Å²) >= 11 is 0. The molecule has 4 heteroatoms. The molecule has 2 heterocycles. The van der Waals surface area contributed by atoms with Crippen LogP contribution >= 0.6 is 0 Å². The second-order valence-corrected chi connectivity index (χ2v) is 9.08. The van der Waals surface area contributed by atoms with E-state index in [4.69, 9.17) is 4.42 Å². The minimum absolute atomic E-state index is 0.249. The van der Waals surface area contributed by atoms with Crippen LogP contribution in [0.15, 0.2) is 47.3 Å². The number of nitrogens with zero attached hydrogens (tertiary/aromatic N) is 1. The van der Waals surface area contributed by atoms with E-state index in [-0.39, 0.29) is 11.3 Å². The van der Waals surface area contributed by atoms with Gasteiger partial charge in [0.15, 0.2) is 0 Å². The molecule has 2 aliphatic carbocycles. The first-order chi connectivity index (χ1) is 13.7. The van der Waals surface area contributed by atoms with E-state index in [1.165, 1.54) is 36.0 Å². The molecule has 1 aromatic heterocycles. The number of piperidine rings is 1. The molecule has 28 heavy (non-hydrogen) atoms. The third-order valence-electron chi connectivity index (χ3n) is 7.31. The van der Waals surface area contributed by atoms with Crippen molar-refractivity contribution in [1.82, 2.24) is 10.2 Å². The normalized spacial score (nSPS) is 24.1. The minimum Gasteiger partial charge on any atom is -0.472 e. The molecule has 5 rings (SSSR count). The van der Waals surface area contributed by atoms with Gasteiger partial charge in [-0.1, -0.05) is 24.3 Å². The molecule has 4 nitrogen and oxygen atoms in total. The molecule has 1 amide bonds. The number of hydrogen-bond acceptors (Lipinski definition) is 3. The summed E-state index contributed by atoms with van der Waals surface area (Å²) in [4.78, 5) is 15.1. The number of carbonyl (C=O) groups is 1. The first kappa shape index (κ1) is 18.0. The molecule has 3 aliphatic rings. The third kappa shape index (κ3) is 3.39. The van der Waals surface area contributed by atoms with Crippen molar-refractivity contribution in [2.24, 2.45) is 0 Å². The van der Waals surface area contributed by atoms with Gasteiger partial charge < -0.3 is 9.73 Å². The predicted molar refractivity (Wildman–Crippen MR) is 109 cm³/mol. The standard InChI is InChI=1S/C24H30N2O2/c27-23(25-20-4-3-5-20)14-19-15-24(22-7-2-1-6-21(19)22)9-11-26(12-10-24)16-18-8-13-28-17-18/h1-2,6-8,13,17,19-20H,3-5,9-12,14-16H2,(H,25,27)/t19-/m1/s1. The third-order valence-corrected chi connectivity index (χ3v) is 7.31. The largest absolute Gasteiger partial charge is 0.472 e. The fraction of sp³-hybridized carbons (Fsp3) is 0.542. The Labute approximate surface area is 167 Å². The van der Waals surface area contributed by atoms with Crippen molar-refractivity contribution in [1.29, 1.82) is 0 Å². The number of benzene rings is 1. The number of hydrogen-bond donors (Lipinski definition) is 1. The highest BCUT2D eigenvalue weighted by Crippen LogP contribution is 2.52. The Hall–Kier alpha value is -2.07. The van der Waals surface area contributed by atoms with E-state index >= 15 is 0 Å². The summed E-state index contributed by atoms with van der Waals surface area (Å²) in [6.07, 6.45) is 11.3. The Morgan fingerprint density at radius 3 is 2.71 bits per heavy atom. The minimum atomic E-state index is 0.249. The molecule has 0 radical (unpaired) electrons. The van der Waals surface area contributed by atoms with Crippen LogP contribution < -0.4 is 5.32 Å². The summed E-state index contributed by atoms with van der Waals surface area (Å²) < 4.78 is 5.22. The number of furan rings is 1. The van der Waals surface area contributed by atoms with Crippen molar-refractivity contribution in [2.45, 2.75) is 68.9 Å². The summed E-state index contributed by atoms with van der Waals surface area (Å²) in [5.74, 6) is 0.621. The van der Waals surface area contributed by atoms with Crippen LogP contribution in [0.3, 0.4) is 0 Å². The van der Waals surface area contributed by atoms with E-state index in [1.54, 1.807) is 6.26 Å². The second kappa shape index (κ2) is 7.40. The molecule has 2 fully saturated rings. The number of nitrogens with one attached hydrogen (secondary N) is 1. The van der Waals surface area contributed by atoms with E-state index in [0.29, 0.717) is 18.4 Å². The quantitative estimate of drug-likeness (QED) is 0.841. The Morgan fingerprint density at radius 1 is 1.18 bits per heavy atom. The first-order valence-corrected chi connectivity index (χ1v) is 10.8. The van der Waals surface area contributed by atoms with Crippen molar-refractivity contribution in [3.05, 3.63) is 59.5 Å². The van der Waals surface area contributed by atoms with Crippen LogP contribution in [0.2, 0.25) is 0 Å². The van der Waals surface area contributed by atoms with Gasteiger partial charge in [0.2, 0.25) is 5.91 Å². The lowest BCUT2D eigenvalue weighted by Crippen LogP contribution is -2.41. The SMILES string of the molecule is O=C(C[C@@H]1CC2(CCN(Cc3ccoc3)CC2)c2ccccc21)NC1CCC1. The summed E-state index contributed by atoms with van der Waals surface area (Å²) in [5.41, 5.74) is 4.45. The highest BCUT2D eigenvalue weighted by molar-refractivity contribution is 5.77. The smallest absolute Gasteiger partial charge is 0.220 e. The van der Waals surface area contributed by atoms with Gasteiger partial charge in [0.1, 0.15) is 0 Å². The first-order valence-electron chi connectivity index (χ1n) is 10.8. The average Bonchev–Trinajstić information content (AvgIpc) is 3.28. The van der Waals surface area contributed by atoms with Crippen LogP contribution in [-0.2, 0) is 16.8 Å². The summed E-state index contributed by atoms with van der Waals surface area (Å²) in [5, 5.41) is 3.24. The zero-order chi connectivity index (χ0) is 19.0. The maximum Gasteiger partial charge on any atom is 0.220 e. The zero-order valence-electron chi connectivity index (χ0n) is 16.5. The van der Waals surface area contributed by atoms with Crippen molar-refractivity contribution >= 4 is 5.91 Å². The highest BCUT2D eigenvalue weighted by Gasteiger charge is 2.45. The van der Waals surface area contributed by atoms with Gasteiger partial charge in [-0.3, -0.25) is 9.69 Å². The molecule has 0 bridgehead atoms. The molecular formula is C24H30N2O2. The van der Waals surface area contributed by atoms with Crippen LogP contribution in [0.1, 0.15) is 67.6 Å². The van der Waals surface area contributed by atoms with Crippen molar-refractivity contribution < 1.29 is 9.21 Å². The van der Waals surface area contributed by atoms with E-state index in [2.05, 4.69) is 40.5 Å². The van der Waals surface area contributed by atoms with E-state index < -0.39 is 0 Å². The Bertz CT molecular complexity index is 817. The van der Waals surface area contributed by atoms with E-state index in [1.807, 2.05) is 6.26 Å². The Balaban J connectivity index is 1.27. The molecule has 1 saturated carbocycles. The highest BCUT2D eigenvalue weighted by atomic mass is 16.3. The molecular weight excluding hydrogens is 348 g/mol. The molecule has 1 aliphatic heterocycles. The van der Waals surface area contributed by atoms with Gasteiger partial charge in [0, 0.05) is 24.6 Å². The number of amides is 1. The zero-order valence-corrected chi connectivity index (χ0v) is 16.5. The van der Waals surface area contributed by atoms with Gasteiger partial charge in [-0.15, -0.1) is 0 Å². The molecule has 1 aromatic carbocycles. The lowest BCUT2D eigenvalue weighted by atomic mass is 9.73. The fourth-order valence-electron chi connectivity index (χ4n) is 5.53. The van der Waals surface area contributed by atoms with Crippen molar-refractivity contribution in [2.75, 3.05) is 13.1 Å². The molecule has 1 spiro atoms. The summed E-state index contributed by atoms with van der Waals surface area (Å²) in [6.45, 7) is 3.20. The average molecular weight is 379 g/mol. The number of fused-ring (bicyclic) bond motifs is 2. The molecule has 1 saturated heterocycles. The Kier molecular flexibility index (Phi) is 4.75. The maximum atomic E-state index is 12.6. The molecule has 1 N–H and O–H groups in total. The number of rotatable bonds is 5. The van der Waals surface area contributed by atoms with Gasteiger partial charge in [-0.25, -0.2) is 0 Å². The molecule has 148 valence electrons. The van der Waals surface area contributed by atoms with E-state index in [0.717, 1.165) is 38.9 Å². The summed E-state index contributed by atoms with van der Waals surface area (Å²) in [6, 6.07) is 11.4. The predicted octanol–water partition coefficient (Wildman–Crippen LogP) is 4.36. The number of likely N-dealkylation sites (tertiary alicyclic amines) is 1. The summed E-state index contributed by atoms with van der Waals surface area (Å²) in [7, 11) is 0. The van der Waals surface area contributed by atoms with Crippen LogP contribution in [0.25, 0.3) is 0 Å². The van der Waals surface area contributed by atoms with Crippen molar-refractivity contribution in [3.63, 3.8) is 0 Å². The van der Waals surface area contributed by atoms with Crippen LogP contribution in [-0.4, -0.2) is 29.9 Å². The Morgan fingerprint density at radius 2 is 2.00 bits per heavy atom. The lowest BCUT2D eigenvalue weighted by Gasteiger charge is -2.40. The van der Waals surface area contributed by atoms with Gasteiger partial charge in [0.25, 0.3) is 0 Å². The molecule has 1 atom stereocenters. The van der Waals surface area contributed by atoms with Gasteiger partial charge in [-0.05, 0) is 80.1 Å². The molecule has 0 unspecified atom stereocenters. The van der Waals surface area contributed by atoms with Crippen LogP contribution in [0.5, 0.6) is 0 Å². The van der Waals surface area contributed by atoms with Crippen LogP contribution in [0, 0.1) is 0 Å². The maximum absolute atomic E-state index is 12.6. The van der Waals surface area contributed by atoms with E-state index in [9.17, 15) is 4.79 Å². The van der Waals surface area contributed by atoms with Crippen molar-refractivity contribution in [3.8, 4) is 0 Å².